The zero-order valence-electron chi connectivity index (χ0n) is 12.6. The Hall–Kier alpha value is -1.74. The lowest BCUT2D eigenvalue weighted by atomic mass is 10.0. The third kappa shape index (κ3) is 5.27. The highest BCUT2D eigenvalue weighted by Crippen LogP contribution is 2.18. The Labute approximate surface area is 131 Å². The Morgan fingerprint density at radius 1 is 1.00 bits per heavy atom. The fourth-order valence-corrected chi connectivity index (χ4v) is 2.62. The van der Waals surface area contributed by atoms with Crippen molar-refractivity contribution in [2.45, 2.75) is 32.1 Å². The van der Waals surface area contributed by atoms with Crippen LogP contribution in [0.4, 0.5) is 0 Å². The Kier molecular flexibility index (Phi) is 5.88. The third-order valence-electron chi connectivity index (χ3n) is 3.29. The van der Waals surface area contributed by atoms with Crippen molar-refractivity contribution in [2.24, 2.45) is 10.7 Å². The molecule has 0 saturated carbocycles. The lowest BCUT2D eigenvalue weighted by molar-refractivity contribution is 0.866. The van der Waals surface area contributed by atoms with Crippen LogP contribution >= 0.6 is 11.8 Å². The molecule has 110 valence electrons. The zero-order chi connectivity index (χ0) is 15.1. The molecular weight excluding hydrogens is 276 g/mol. The zero-order valence-corrected chi connectivity index (χ0v) is 13.4. The summed E-state index contributed by atoms with van der Waals surface area (Å²) in [4.78, 5) is 4.41. The van der Waals surface area contributed by atoms with E-state index >= 15 is 0 Å². The van der Waals surface area contributed by atoms with E-state index in [4.69, 9.17) is 5.73 Å². The van der Waals surface area contributed by atoms with Gasteiger partial charge in [-0.25, -0.2) is 0 Å². The van der Waals surface area contributed by atoms with E-state index in [9.17, 15) is 0 Å². The third-order valence-corrected chi connectivity index (χ3v) is 4.20. The Morgan fingerprint density at radius 2 is 1.67 bits per heavy atom. The van der Waals surface area contributed by atoms with Crippen LogP contribution in [0.25, 0.3) is 0 Å². The number of hydrogen-bond acceptors (Lipinski definition) is 2. The highest BCUT2D eigenvalue weighted by atomic mass is 32.2. The second-order valence-corrected chi connectivity index (χ2v) is 6.32. The summed E-state index contributed by atoms with van der Waals surface area (Å²) in [5.74, 6) is 1.44. The molecule has 2 rings (SSSR count). The van der Waals surface area contributed by atoms with Gasteiger partial charge in [-0.05, 0) is 22.6 Å². The number of amidine groups is 1. The molecule has 0 fully saturated rings. The van der Waals surface area contributed by atoms with Crippen LogP contribution in [-0.4, -0.2) is 5.17 Å². The minimum Gasteiger partial charge on any atom is -0.379 e. The van der Waals surface area contributed by atoms with Crippen LogP contribution in [0.15, 0.2) is 59.6 Å². The topological polar surface area (TPSA) is 38.4 Å². The van der Waals surface area contributed by atoms with Gasteiger partial charge in [0.1, 0.15) is 0 Å². The van der Waals surface area contributed by atoms with E-state index in [1.807, 2.05) is 18.2 Å². The molecular formula is C18H22N2S. The van der Waals surface area contributed by atoms with Crippen molar-refractivity contribution < 1.29 is 0 Å². The predicted octanol–water partition coefficient (Wildman–Crippen LogP) is 4.56. The molecule has 0 aliphatic carbocycles. The van der Waals surface area contributed by atoms with Crippen LogP contribution in [0.5, 0.6) is 0 Å². The summed E-state index contributed by atoms with van der Waals surface area (Å²) in [7, 11) is 0. The molecule has 0 saturated heterocycles. The van der Waals surface area contributed by atoms with Crippen molar-refractivity contribution in [3.8, 4) is 0 Å². The van der Waals surface area contributed by atoms with Gasteiger partial charge in [-0.2, -0.15) is 0 Å². The molecule has 0 amide bonds. The molecule has 0 aliphatic heterocycles. The summed E-state index contributed by atoms with van der Waals surface area (Å²) in [6, 6.07) is 18.9. The minimum absolute atomic E-state index is 0.573. The second kappa shape index (κ2) is 7.89. The van der Waals surface area contributed by atoms with E-state index in [2.05, 4.69) is 55.2 Å². The number of thioether (sulfide) groups is 1. The van der Waals surface area contributed by atoms with Crippen LogP contribution < -0.4 is 5.73 Å². The Balaban J connectivity index is 1.84. The molecule has 2 aromatic carbocycles. The SMILES string of the molecule is CC(C)c1ccc(CSC(N)=NCc2ccccc2)cc1. The molecule has 0 spiro atoms. The molecule has 0 atom stereocenters. The van der Waals surface area contributed by atoms with Crippen molar-refractivity contribution in [3.63, 3.8) is 0 Å². The molecule has 2 nitrogen and oxygen atoms in total. The van der Waals surface area contributed by atoms with Gasteiger partial charge in [0.2, 0.25) is 0 Å². The van der Waals surface area contributed by atoms with E-state index in [-0.39, 0.29) is 0 Å². The molecule has 0 radical (unpaired) electrons. The van der Waals surface area contributed by atoms with Gasteiger partial charge in [-0.3, -0.25) is 4.99 Å². The number of aliphatic imine (C=N–C) groups is 1. The predicted molar refractivity (Wildman–Crippen MR) is 93.6 cm³/mol. The monoisotopic (exact) mass is 298 g/mol. The normalized spacial score (nSPS) is 11.9. The molecule has 0 unspecified atom stereocenters. The van der Waals surface area contributed by atoms with E-state index in [1.54, 1.807) is 11.8 Å². The average Bonchev–Trinajstić information content (AvgIpc) is 2.52. The van der Waals surface area contributed by atoms with E-state index in [1.165, 1.54) is 16.7 Å². The summed E-state index contributed by atoms with van der Waals surface area (Å²) in [6.45, 7) is 5.06. The highest BCUT2D eigenvalue weighted by Gasteiger charge is 2.00. The first-order valence-electron chi connectivity index (χ1n) is 7.20. The smallest absolute Gasteiger partial charge is 0.154 e. The highest BCUT2D eigenvalue weighted by molar-refractivity contribution is 8.13. The Morgan fingerprint density at radius 3 is 2.29 bits per heavy atom. The standard InChI is InChI=1S/C18H22N2S/c1-14(2)17-10-8-16(9-11-17)13-21-18(19)20-12-15-6-4-3-5-7-15/h3-11,14H,12-13H2,1-2H3,(H2,19,20). The van der Waals surface area contributed by atoms with Gasteiger partial charge < -0.3 is 5.73 Å². The molecule has 3 heteroatoms. The largest absolute Gasteiger partial charge is 0.379 e. The van der Waals surface area contributed by atoms with Gasteiger partial charge in [0.05, 0.1) is 6.54 Å². The molecule has 2 N–H and O–H groups in total. The molecule has 0 aliphatic rings. The van der Waals surface area contributed by atoms with Gasteiger partial charge in [0.25, 0.3) is 0 Å². The lowest BCUT2D eigenvalue weighted by Gasteiger charge is -2.06. The van der Waals surface area contributed by atoms with Gasteiger partial charge in [0.15, 0.2) is 5.17 Å². The minimum atomic E-state index is 0.573. The fraction of sp³-hybridized carbons (Fsp3) is 0.278. The van der Waals surface area contributed by atoms with Crippen molar-refractivity contribution in [1.29, 1.82) is 0 Å². The molecule has 0 heterocycles. The van der Waals surface area contributed by atoms with Crippen LogP contribution in [0.3, 0.4) is 0 Å². The van der Waals surface area contributed by atoms with Crippen LogP contribution in [-0.2, 0) is 12.3 Å². The maximum atomic E-state index is 5.96. The number of rotatable bonds is 5. The lowest BCUT2D eigenvalue weighted by Crippen LogP contribution is -2.07. The quantitative estimate of drug-likeness (QED) is 0.649. The summed E-state index contributed by atoms with van der Waals surface area (Å²) in [5, 5.41) is 0.645. The number of nitrogens with zero attached hydrogens (tertiary/aromatic N) is 1. The maximum Gasteiger partial charge on any atom is 0.154 e. The number of nitrogens with two attached hydrogens (primary N) is 1. The van der Waals surface area contributed by atoms with Gasteiger partial charge >= 0.3 is 0 Å². The van der Waals surface area contributed by atoms with E-state index < -0.39 is 0 Å². The Bertz CT molecular complexity index is 574. The molecule has 2 aromatic rings. The van der Waals surface area contributed by atoms with Gasteiger partial charge in [-0.1, -0.05) is 80.2 Å². The number of hydrogen-bond donors (Lipinski definition) is 1. The second-order valence-electron chi connectivity index (χ2n) is 5.33. The number of benzene rings is 2. The first-order valence-corrected chi connectivity index (χ1v) is 8.19. The summed E-state index contributed by atoms with van der Waals surface area (Å²) in [5.41, 5.74) is 9.79. The van der Waals surface area contributed by atoms with Crippen molar-refractivity contribution >= 4 is 16.9 Å². The van der Waals surface area contributed by atoms with E-state index in [0.717, 1.165) is 5.75 Å². The average molecular weight is 298 g/mol. The van der Waals surface area contributed by atoms with Crippen molar-refractivity contribution in [1.82, 2.24) is 0 Å². The van der Waals surface area contributed by atoms with Crippen LogP contribution in [0.2, 0.25) is 0 Å². The van der Waals surface area contributed by atoms with Gasteiger partial charge in [-0.15, -0.1) is 0 Å². The van der Waals surface area contributed by atoms with Crippen molar-refractivity contribution in [3.05, 3.63) is 71.3 Å². The van der Waals surface area contributed by atoms with Crippen molar-refractivity contribution in [2.75, 3.05) is 0 Å². The van der Waals surface area contributed by atoms with Crippen LogP contribution in [0, 0.1) is 0 Å². The van der Waals surface area contributed by atoms with Gasteiger partial charge in [0, 0.05) is 5.75 Å². The molecule has 0 bridgehead atoms. The molecule has 21 heavy (non-hydrogen) atoms. The summed E-state index contributed by atoms with van der Waals surface area (Å²) < 4.78 is 0. The summed E-state index contributed by atoms with van der Waals surface area (Å²) >= 11 is 1.59. The first-order chi connectivity index (χ1) is 10.1. The van der Waals surface area contributed by atoms with Crippen LogP contribution in [0.1, 0.15) is 36.5 Å². The maximum absolute atomic E-state index is 5.96. The molecule has 0 aromatic heterocycles. The summed E-state index contributed by atoms with van der Waals surface area (Å²) in [6.07, 6.45) is 0. The first kappa shape index (κ1) is 15.6. The van der Waals surface area contributed by atoms with E-state index in [0.29, 0.717) is 17.6 Å². The fourth-order valence-electron chi connectivity index (χ4n) is 1.95.